The van der Waals surface area contributed by atoms with E-state index in [0.717, 1.165) is 184 Å². The van der Waals surface area contributed by atoms with Crippen molar-refractivity contribution in [2.75, 3.05) is 0 Å². The molecule has 0 aliphatic rings. The zero-order valence-corrected chi connectivity index (χ0v) is 74.4. The predicted octanol–water partition coefficient (Wildman–Crippen LogP) is 33.2. The number of para-hydroxylation sites is 2. The summed E-state index contributed by atoms with van der Waals surface area (Å²) in [5, 5.41) is 7.04. The molecule has 0 spiro atoms. The molecule has 0 bridgehead atoms. The summed E-state index contributed by atoms with van der Waals surface area (Å²) in [5.41, 5.74) is 36.8. The second-order valence-corrected chi connectivity index (χ2v) is 33.3. The molecule has 24 rings (SSSR count). The zero-order valence-electron chi connectivity index (χ0n) is 74.4. The first-order chi connectivity index (χ1) is 67.4. The van der Waals surface area contributed by atoms with Gasteiger partial charge in [0.2, 0.25) is 0 Å². The summed E-state index contributed by atoms with van der Waals surface area (Å²) in [4.78, 5) is 38.4. The van der Waals surface area contributed by atoms with Crippen LogP contribution < -0.4 is 0 Å². The van der Waals surface area contributed by atoms with Gasteiger partial charge in [0, 0.05) is 108 Å². The lowest BCUT2D eigenvalue weighted by molar-refractivity contribution is 1.32. The van der Waals surface area contributed by atoms with Crippen molar-refractivity contribution in [2.24, 2.45) is 0 Å². The van der Waals surface area contributed by atoms with Crippen LogP contribution in [-0.4, -0.2) is 39.9 Å². The summed E-state index contributed by atoms with van der Waals surface area (Å²) >= 11 is 0. The van der Waals surface area contributed by atoms with Crippen LogP contribution in [0, 0.1) is 0 Å². The zero-order chi connectivity index (χ0) is 91.0. The number of fused-ring (bicyclic) bond motifs is 4. The highest BCUT2D eigenvalue weighted by Gasteiger charge is 2.18. The molecule has 0 saturated carbocycles. The SMILES string of the molecule is c1ccc(-c2cc(-c3ccc(-c4cc5ccccc5cn4)cc3)cc(-c3ccccc3)n2)cc1.c1ccc(-c2cc(-c3ccc(-c4ccnc5ccccc45)cc3)cc(-c3ccccc3)n2)cc1.c1ccc(-c2cc(-c3ccc(-c4cnc5ccccc5c4)cc3)cc(-c3ccccc3)n2)cc1.c1ccc(-c2cc(-c3ccc(-c4nccc5ccccc45)cc3)cc(-c3ccccc3)n2)cc1. The predicted molar refractivity (Wildman–Crippen MR) is 565 cm³/mol. The maximum absolute atomic E-state index is 4.99. The lowest BCUT2D eigenvalue weighted by Gasteiger charge is -2.11. The fraction of sp³-hybridized carbons (Fsp3) is 0. The molecule has 0 radical (unpaired) electrons. The van der Waals surface area contributed by atoms with Gasteiger partial charge in [-0.05, 0) is 157 Å². The third-order valence-corrected chi connectivity index (χ3v) is 24.5. The molecule has 0 aliphatic heterocycles. The number of hydrogen-bond acceptors (Lipinski definition) is 8. The second-order valence-electron chi connectivity index (χ2n) is 33.3. The smallest absolute Gasteiger partial charge is 0.0780 e. The van der Waals surface area contributed by atoms with Crippen LogP contribution in [-0.2, 0) is 0 Å². The van der Waals surface area contributed by atoms with E-state index in [1.165, 1.54) is 38.2 Å². The fourth-order valence-corrected chi connectivity index (χ4v) is 17.4. The van der Waals surface area contributed by atoms with Crippen molar-refractivity contribution in [1.29, 1.82) is 0 Å². The number of rotatable bonds is 16. The van der Waals surface area contributed by atoms with Crippen molar-refractivity contribution >= 4 is 43.4 Å². The van der Waals surface area contributed by atoms with E-state index in [0.29, 0.717) is 0 Å². The standard InChI is InChI=1S/4C32H22N2/c1-3-10-25(11-4-1)30-21-28(22-31(34-30)26-12-5-2-6-13-26)23-15-17-27(18-16-23)32-29-14-8-7-9-24(29)19-20-33-32;1-3-9-25(10-4-1)31-20-28(21-32(34-31)26-11-5-2-6-12-26)23-15-17-24(18-16-23)29-19-27-13-7-8-14-30(27)33-22-29;1-3-9-24(10-4-1)31-20-29(21-32(34-31)25-11-5-2-6-12-25)23-15-17-26(18-16-23)30-19-27-13-7-8-14-28(27)22-33-30;1-3-9-25(10-4-1)31-21-27(22-32(34-31)26-11-5-2-6-12-26)23-15-17-24(18-16-23)28-19-20-33-30-14-8-7-13-29(28)30/h4*1-22H. The lowest BCUT2D eigenvalue weighted by atomic mass is 9.96. The van der Waals surface area contributed by atoms with E-state index in [-0.39, 0.29) is 0 Å². The van der Waals surface area contributed by atoms with E-state index in [9.17, 15) is 0 Å². The highest BCUT2D eigenvalue weighted by Crippen LogP contribution is 2.40. The largest absolute Gasteiger partial charge is 0.256 e. The third kappa shape index (κ3) is 19.5. The Morgan fingerprint density at radius 1 is 0.125 bits per heavy atom. The monoisotopic (exact) mass is 1740 g/mol. The van der Waals surface area contributed by atoms with Gasteiger partial charge >= 0.3 is 0 Å². The molecule has 0 fully saturated rings. The highest BCUT2D eigenvalue weighted by molar-refractivity contribution is 5.97. The van der Waals surface area contributed by atoms with Crippen LogP contribution in [0.1, 0.15) is 0 Å². The number of aromatic nitrogens is 8. The maximum atomic E-state index is 4.99. The topological polar surface area (TPSA) is 103 Å². The first kappa shape index (κ1) is 84.6. The molecule has 0 saturated heterocycles. The summed E-state index contributed by atoms with van der Waals surface area (Å²) in [6, 6.07) is 177. The summed E-state index contributed by atoms with van der Waals surface area (Å²) in [6.07, 6.45) is 7.66. The number of nitrogens with zero attached hydrogens (tertiary/aromatic N) is 8. The molecule has 0 atom stereocenters. The molecule has 8 heterocycles. The second kappa shape index (κ2) is 40.0. The number of benzene rings is 16. The minimum Gasteiger partial charge on any atom is -0.256 e. The summed E-state index contributed by atoms with van der Waals surface area (Å²) in [6.45, 7) is 0. The Labute approximate surface area is 791 Å². The van der Waals surface area contributed by atoms with Crippen molar-refractivity contribution < 1.29 is 0 Å². The number of hydrogen-bond donors (Lipinski definition) is 0. The van der Waals surface area contributed by atoms with E-state index < -0.39 is 0 Å². The quantitative estimate of drug-likeness (QED) is 0.0943. The van der Waals surface area contributed by atoms with E-state index in [2.05, 4.69) is 457 Å². The van der Waals surface area contributed by atoms with Crippen molar-refractivity contribution in [1.82, 2.24) is 39.9 Å². The Kier molecular flexibility index (Phi) is 24.9. The fourth-order valence-electron chi connectivity index (χ4n) is 17.4. The van der Waals surface area contributed by atoms with Crippen LogP contribution in [0.5, 0.6) is 0 Å². The number of pyridine rings is 8. The molecular weight excluding hydrogens is 1650 g/mol. The van der Waals surface area contributed by atoms with Crippen molar-refractivity contribution in [3.8, 4) is 179 Å². The van der Waals surface area contributed by atoms with Gasteiger partial charge in [-0.2, -0.15) is 0 Å². The average Bonchev–Trinajstić information content (AvgIpc) is 0.795. The van der Waals surface area contributed by atoms with Gasteiger partial charge in [0.1, 0.15) is 0 Å². The molecule has 24 aromatic rings. The average molecular weight is 1740 g/mol. The first-order valence-electron chi connectivity index (χ1n) is 45.7. The normalized spacial score (nSPS) is 10.9. The van der Waals surface area contributed by atoms with Crippen molar-refractivity contribution in [2.45, 2.75) is 0 Å². The molecule has 0 aliphatic carbocycles. The molecule has 0 N–H and O–H groups in total. The molecular formula is C128H88N8. The van der Waals surface area contributed by atoms with Gasteiger partial charge in [-0.1, -0.05) is 425 Å². The Morgan fingerprint density at radius 3 is 0.787 bits per heavy atom. The van der Waals surface area contributed by atoms with Crippen LogP contribution in [0.4, 0.5) is 0 Å². The van der Waals surface area contributed by atoms with Gasteiger partial charge in [-0.25, -0.2) is 19.9 Å². The van der Waals surface area contributed by atoms with Gasteiger partial charge in [-0.15, -0.1) is 0 Å². The van der Waals surface area contributed by atoms with Crippen LogP contribution in [0.25, 0.3) is 223 Å². The van der Waals surface area contributed by atoms with E-state index in [1.807, 2.05) is 97.6 Å². The molecule has 8 aromatic heterocycles. The van der Waals surface area contributed by atoms with Crippen molar-refractivity contribution in [3.05, 3.63) is 534 Å². The van der Waals surface area contributed by atoms with Crippen LogP contribution in [0.2, 0.25) is 0 Å². The summed E-state index contributed by atoms with van der Waals surface area (Å²) in [7, 11) is 0. The van der Waals surface area contributed by atoms with Gasteiger partial charge in [0.05, 0.1) is 68.0 Å². The minimum absolute atomic E-state index is 0.969. The van der Waals surface area contributed by atoms with E-state index >= 15 is 0 Å². The Balaban J connectivity index is 0.000000108. The van der Waals surface area contributed by atoms with Gasteiger partial charge in [0.15, 0.2) is 0 Å². The molecule has 0 amide bonds. The van der Waals surface area contributed by atoms with Crippen LogP contribution >= 0.6 is 0 Å². The lowest BCUT2D eigenvalue weighted by Crippen LogP contribution is -1.91. The molecule has 640 valence electrons. The third-order valence-electron chi connectivity index (χ3n) is 24.5. The maximum Gasteiger partial charge on any atom is 0.0780 e. The Bertz CT molecular complexity index is 7500. The minimum atomic E-state index is 0.969. The Hall–Kier alpha value is -18.2. The van der Waals surface area contributed by atoms with Crippen LogP contribution in [0.3, 0.4) is 0 Å². The van der Waals surface area contributed by atoms with Gasteiger partial charge in [0.25, 0.3) is 0 Å². The summed E-state index contributed by atoms with van der Waals surface area (Å²) < 4.78 is 0. The Morgan fingerprint density at radius 2 is 0.404 bits per heavy atom. The van der Waals surface area contributed by atoms with Gasteiger partial charge in [-0.3, -0.25) is 19.9 Å². The summed E-state index contributed by atoms with van der Waals surface area (Å²) in [5.74, 6) is 0. The highest BCUT2D eigenvalue weighted by atomic mass is 14.7. The van der Waals surface area contributed by atoms with E-state index in [4.69, 9.17) is 19.9 Å². The van der Waals surface area contributed by atoms with Gasteiger partial charge < -0.3 is 0 Å². The molecule has 136 heavy (non-hydrogen) atoms. The molecule has 8 heteroatoms. The first-order valence-corrected chi connectivity index (χ1v) is 45.7. The molecule has 8 nitrogen and oxygen atoms in total. The molecule has 0 unspecified atom stereocenters. The van der Waals surface area contributed by atoms with Crippen LogP contribution in [0.15, 0.2) is 534 Å². The van der Waals surface area contributed by atoms with Crippen molar-refractivity contribution in [3.63, 3.8) is 0 Å². The van der Waals surface area contributed by atoms with E-state index in [1.54, 1.807) is 0 Å². The molecule has 16 aromatic carbocycles.